The molecule has 0 amide bonds. The summed E-state index contributed by atoms with van der Waals surface area (Å²) in [4.78, 5) is 8.86. The first-order valence-corrected chi connectivity index (χ1v) is 43.7. The van der Waals surface area contributed by atoms with Crippen molar-refractivity contribution in [2.24, 2.45) is 0 Å². The number of ether oxygens (including phenoxy) is 2. The lowest BCUT2D eigenvalue weighted by atomic mass is 9.76. The van der Waals surface area contributed by atoms with Gasteiger partial charge in [-0.1, -0.05) is 264 Å². The van der Waals surface area contributed by atoms with E-state index >= 15 is 0 Å². The van der Waals surface area contributed by atoms with Crippen LogP contribution in [0.3, 0.4) is 0 Å². The van der Waals surface area contributed by atoms with Crippen molar-refractivity contribution in [1.82, 2.24) is 0 Å². The smallest absolute Gasteiger partial charge is 0.126 e. The van der Waals surface area contributed by atoms with E-state index in [9.17, 15) is 0 Å². The number of rotatable bonds is 12. The van der Waals surface area contributed by atoms with Crippen molar-refractivity contribution in [2.45, 2.75) is 235 Å². The Hall–Kier alpha value is -9.30. The summed E-state index contributed by atoms with van der Waals surface area (Å²) in [6.45, 7) is 44.1. The van der Waals surface area contributed by atoms with E-state index in [-0.39, 0.29) is 32.5 Å². The maximum atomic E-state index is 7.99. The zero-order chi connectivity index (χ0) is 84.3. The number of hydrogen-bond donors (Lipinski definition) is 0. The number of anilines is 4. The molecule has 0 N–H and O–H groups in total. The third kappa shape index (κ3) is 19.9. The molecule has 7 heteroatoms. The summed E-state index contributed by atoms with van der Waals surface area (Å²) in [7, 11) is 17.2. The normalized spacial score (nSPS) is 13.6. The highest BCUT2D eigenvalue weighted by Crippen LogP contribution is 2.46. The van der Waals surface area contributed by atoms with Gasteiger partial charge >= 0.3 is 0 Å². The van der Waals surface area contributed by atoms with Crippen LogP contribution in [0.25, 0.3) is 0 Å². The van der Waals surface area contributed by atoms with Gasteiger partial charge in [0.15, 0.2) is 0 Å². The van der Waals surface area contributed by atoms with Crippen LogP contribution in [0.1, 0.15) is 280 Å². The molecule has 0 aromatic heterocycles. The molecule has 2 aliphatic rings. The summed E-state index contributed by atoms with van der Waals surface area (Å²) in [6, 6.07) is 75.3. The predicted molar refractivity (Wildman–Crippen MR) is 505 cm³/mol. The summed E-state index contributed by atoms with van der Waals surface area (Å²) < 4.78 is 17.0. The van der Waals surface area contributed by atoms with Gasteiger partial charge < -0.3 is 29.1 Å². The van der Waals surface area contributed by atoms with Crippen LogP contribution >= 0.6 is 15.9 Å². The summed E-state index contributed by atoms with van der Waals surface area (Å²) in [5, 5.41) is 0. The Labute approximate surface area is 713 Å². The monoisotopic (exact) mass is 1620 g/mol. The lowest BCUT2D eigenvalue weighted by Crippen LogP contribution is -2.19. The van der Waals surface area contributed by atoms with E-state index in [2.05, 4.69) is 405 Å². The Morgan fingerprint density at radius 3 is 0.581 bits per heavy atom. The van der Waals surface area contributed by atoms with Gasteiger partial charge in [-0.25, -0.2) is 0 Å². The van der Waals surface area contributed by atoms with Gasteiger partial charge in [-0.2, -0.15) is 0 Å². The molecule has 612 valence electrons. The average molecular weight is 1620 g/mol. The van der Waals surface area contributed by atoms with Crippen molar-refractivity contribution in [2.75, 3.05) is 76.0 Å². The molecule has 0 fully saturated rings. The fourth-order valence-electron chi connectivity index (χ4n) is 17.2. The van der Waals surface area contributed by atoms with Gasteiger partial charge in [-0.05, 0) is 280 Å². The molecule has 11 aromatic rings. The van der Waals surface area contributed by atoms with Crippen LogP contribution in [0.15, 0.2) is 193 Å². The highest BCUT2D eigenvalue weighted by molar-refractivity contribution is 9.10. The van der Waals surface area contributed by atoms with Crippen LogP contribution in [0.2, 0.25) is 0 Å². The zero-order valence-corrected chi connectivity index (χ0v) is 77.5. The summed E-state index contributed by atoms with van der Waals surface area (Å²) in [6.07, 6.45) is 7.12. The van der Waals surface area contributed by atoms with E-state index in [0.29, 0.717) is 38.9 Å². The Morgan fingerprint density at radius 1 is 0.239 bits per heavy atom. The predicted octanol–water partition coefficient (Wildman–Crippen LogP) is 26.2. The fourth-order valence-corrected chi connectivity index (χ4v) is 17.7. The summed E-state index contributed by atoms with van der Waals surface area (Å²) in [5.41, 5.74) is 39.8. The Bertz CT molecular complexity index is 4810. The van der Waals surface area contributed by atoms with Crippen molar-refractivity contribution in [3.63, 3.8) is 0 Å². The highest BCUT2D eigenvalue weighted by atomic mass is 79.9. The molecule has 2 heterocycles. The minimum atomic E-state index is -0.231. The van der Waals surface area contributed by atoms with E-state index < -0.39 is 0 Å². The molecule has 2 aliphatic heterocycles. The number of benzene rings is 11. The second kappa shape index (κ2) is 33.5. The Morgan fingerprint density at radius 2 is 0.410 bits per heavy atom. The molecule has 0 saturated heterocycles. The van der Waals surface area contributed by atoms with Crippen molar-refractivity contribution in [1.29, 1.82) is 0 Å². The topological polar surface area (TPSA) is 31.4 Å². The molecule has 0 spiro atoms. The maximum Gasteiger partial charge on any atom is 0.126 e. The lowest BCUT2D eigenvalue weighted by Gasteiger charge is -2.30. The number of nitrogens with zero attached hydrogens (tertiary/aromatic N) is 4. The van der Waals surface area contributed by atoms with E-state index in [4.69, 9.17) is 9.47 Å². The molecular formula is C110H133BrN4O2. The van der Waals surface area contributed by atoms with Crippen LogP contribution in [-0.4, -0.2) is 56.4 Å². The molecule has 12 bridgehead atoms. The Balaban J connectivity index is 1.23. The van der Waals surface area contributed by atoms with Crippen LogP contribution in [0.4, 0.5) is 22.7 Å². The molecule has 0 atom stereocenters. The largest absolute Gasteiger partial charge is 0.488 e. The third-order valence-corrected chi connectivity index (χ3v) is 26.0. The van der Waals surface area contributed by atoms with Gasteiger partial charge in [-0.15, -0.1) is 0 Å². The second-order valence-corrected chi connectivity index (χ2v) is 42.1. The van der Waals surface area contributed by atoms with Crippen LogP contribution in [0, 0.1) is 0 Å². The first kappa shape index (κ1) is 85.6. The number of fused-ring (bicyclic) bond motifs is 10. The van der Waals surface area contributed by atoms with Crippen molar-refractivity contribution in [3.05, 3.63) is 348 Å². The van der Waals surface area contributed by atoms with E-state index in [1.54, 1.807) is 0 Å². The molecule has 13 rings (SSSR count). The molecule has 0 aliphatic carbocycles. The molecule has 0 saturated carbocycles. The number of hydrogen-bond acceptors (Lipinski definition) is 6. The van der Waals surface area contributed by atoms with Gasteiger partial charge in [0, 0.05) is 120 Å². The highest BCUT2D eigenvalue weighted by Gasteiger charge is 2.32. The first-order valence-electron chi connectivity index (χ1n) is 42.9. The fraction of sp³-hybridized carbons (Fsp3) is 0.400. The van der Waals surface area contributed by atoms with Gasteiger partial charge in [0.05, 0.1) is 0 Å². The van der Waals surface area contributed by atoms with E-state index in [1.807, 2.05) is 0 Å². The summed E-state index contributed by atoms with van der Waals surface area (Å²) in [5.74, 6) is 1.91. The second-order valence-electron chi connectivity index (χ2n) is 41.3. The van der Waals surface area contributed by atoms with Crippen molar-refractivity contribution in [3.8, 4) is 11.5 Å². The molecule has 117 heavy (non-hydrogen) atoms. The number of halogens is 1. The Kier molecular flexibility index (Phi) is 24.5. The SMILES string of the molecule is CN(C)c1ccc(Cc2c3cc(C(C)(C)C)cc2Cc2cc(C(C)(C)C)cc4c2OCc2cccc(c2Br)COc2c(cc(C(C)(C)C)cc2Cc2cc(C(C)(C)C)cc(c2Cc2ccc(N(C)C)cc2)Cc2cc(C(C)(C)C)cc(c2Cc2ccc(N(C)C)cc2)C4)Cc2cc(C(C)(C)C)cc(c2Cc2ccc(N(C)C)cc2)C3)cc1. The molecular weight excluding hydrogens is 1490 g/mol. The summed E-state index contributed by atoms with van der Waals surface area (Å²) >= 11 is 4.37. The van der Waals surface area contributed by atoms with Gasteiger partial charge in [0.1, 0.15) is 24.7 Å². The van der Waals surface area contributed by atoms with Crippen molar-refractivity contribution < 1.29 is 9.47 Å². The zero-order valence-electron chi connectivity index (χ0n) is 75.9. The first-order chi connectivity index (χ1) is 54.9. The van der Waals surface area contributed by atoms with E-state index in [1.165, 1.54) is 167 Å². The quantitative estimate of drug-likeness (QED) is 0.121. The van der Waals surface area contributed by atoms with Crippen LogP contribution < -0.4 is 29.1 Å². The molecule has 0 radical (unpaired) electrons. The van der Waals surface area contributed by atoms with Crippen molar-refractivity contribution >= 4 is 38.7 Å². The van der Waals surface area contributed by atoms with E-state index in [0.717, 1.165) is 65.6 Å². The minimum absolute atomic E-state index is 0.200. The lowest BCUT2D eigenvalue weighted by molar-refractivity contribution is 0.292. The standard InChI is InChI=1S/C110H133BrN4O2/c1-105(2,3)88-56-76-50-77-57-89(106(4,5)6)61-81(99(77)47-71-32-40-95(41-33-71)113(21)22)53-86-66-93(110(16,17)18)67-87-55-83-63-91(108(10,11)12)59-79(101(83)49-73-36-44-97(45-37-73)115(25)26)51-78-58-90(107(7,8)9)62-82(100(78)48-72-34-42-96(43-35-72)114(23)24)54-85-65-92(109(13,14)15)64-84(52-80(60-88)98(76)46-70-30-38-94(39-31-70)112(19)20)103(85)116-68-74-28-27-29-75(102(74)111)69-117-104(86)87/h27-45,56-67H,46-55,68-69H2,1-26H3. The van der Waals surface area contributed by atoms with Gasteiger partial charge in [-0.3, -0.25) is 0 Å². The third-order valence-electron chi connectivity index (χ3n) is 24.9. The van der Waals surface area contributed by atoms with Gasteiger partial charge in [0.2, 0.25) is 0 Å². The maximum absolute atomic E-state index is 7.99. The molecule has 11 aromatic carbocycles. The van der Waals surface area contributed by atoms with Crippen LogP contribution in [0.5, 0.6) is 11.5 Å². The average Bonchev–Trinajstić information content (AvgIpc) is 0.761. The molecule has 6 nitrogen and oxygen atoms in total. The minimum Gasteiger partial charge on any atom is -0.488 e. The molecule has 0 unspecified atom stereocenters. The van der Waals surface area contributed by atoms with Gasteiger partial charge in [0.25, 0.3) is 0 Å². The van der Waals surface area contributed by atoms with Crippen LogP contribution in [-0.2, 0) is 110 Å².